The first-order valence-electron chi connectivity index (χ1n) is 7.51. The molecule has 1 saturated carbocycles. The van der Waals surface area contributed by atoms with Gasteiger partial charge in [-0.3, -0.25) is 4.98 Å². The predicted molar refractivity (Wildman–Crippen MR) is 82.0 cm³/mol. The fourth-order valence-electron chi connectivity index (χ4n) is 3.23. The van der Waals surface area contributed by atoms with Crippen molar-refractivity contribution in [3.05, 3.63) is 36.5 Å². The van der Waals surface area contributed by atoms with Gasteiger partial charge in [-0.25, -0.2) is 0 Å². The average molecular weight is 270 g/mol. The highest BCUT2D eigenvalue weighted by Gasteiger charge is 2.25. The van der Waals surface area contributed by atoms with Gasteiger partial charge in [0.05, 0.1) is 12.1 Å². The van der Waals surface area contributed by atoms with Gasteiger partial charge in [0.25, 0.3) is 0 Å². The Morgan fingerprint density at radius 1 is 1.30 bits per heavy atom. The quantitative estimate of drug-likeness (QED) is 0.904. The lowest BCUT2D eigenvalue weighted by molar-refractivity contribution is 0.264. The van der Waals surface area contributed by atoms with Crippen LogP contribution in [0.4, 0.5) is 0 Å². The molecule has 1 aliphatic rings. The Balaban J connectivity index is 1.57. The number of aromatic nitrogens is 1. The molecule has 1 N–H and O–H groups in total. The third-order valence-electron chi connectivity index (χ3n) is 4.36. The van der Waals surface area contributed by atoms with Crippen molar-refractivity contribution >= 4 is 10.9 Å². The Hall–Kier alpha value is -1.61. The van der Waals surface area contributed by atoms with Gasteiger partial charge in [-0.2, -0.15) is 0 Å². The molecule has 3 heteroatoms. The molecule has 1 heterocycles. The third kappa shape index (κ3) is 2.93. The molecule has 0 bridgehead atoms. The van der Waals surface area contributed by atoms with Crippen molar-refractivity contribution in [3.63, 3.8) is 0 Å². The van der Waals surface area contributed by atoms with E-state index < -0.39 is 0 Å². The summed E-state index contributed by atoms with van der Waals surface area (Å²) in [4.78, 5) is 4.36. The Morgan fingerprint density at radius 2 is 2.25 bits per heavy atom. The molecular weight excluding hydrogens is 248 g/mol. The molecule has 2 aromatic rings. The molecule has 1 aliphatic carbocycles. The maximum Gasteiger partial charge on any atom is 0.121 e. The van der Waals surface area contributed by atoms with Gasteiger partial charge in [-0.1, -0.05) is 12.5 Å². The van der Waals surface area contributed by atoms with Crippen LogP contribution >= 0.6 is 0 Å². The first kappa shape index (κ1) is 13.4. The molecule has 0 amide bonds. The van der Waals surface area contributed by atoms with Crippen LogP contribution in [0.2, 0.25) is 0 Å². The van der Waals surface area contributed by atoms with E-state index in [2.05, 4.69) is 29.5 Å². The molecule has 0 spiro atoms. The van der Waals surface area contributed by atoms with Gasteiger partial charge in [0.2, 0.25) is 0 Å². The Labute approximate surface area is 120 Å². The number of fused-ring (bicyclic) bond motifs is 1. The van der Waals surface area contributed by atoms with Gasteiger partial charge >= 0.3 is 0 Å². The zero-order valence-corrected chi connectivity index (χ0v) is 12.0. The van der Waals surface area contributed by atoms with Crippen molar-refractivity contribution < 1.29 is 4.74 Å². The molecule has 20 heavy (non-hydrogen) atoms. The van der Waals surface area contributed by atoms with Crippen LogP contribution in [-0.4, -0.2) is 24.7 Å². The number of pyridine rings is 1. The monoisotopic (exact) mass is 270 g/mol. The van der Waals surface area contributed by atoms with E-state index in [9.17, 15) is 0 Å². The molecule has 1 aromatic carbocycles. The number of hydrogen-bond donors (Lipinski definition) is 1. The summed E-state index contributed by atoms with van der Waals surface area (Å²) in [6.45, 7) is 0.793. The molecule has 0 radical (unpaired) electrons. The second-order valence-electron chi connectivity index (χ2n) is 5.58. The lowest BCUT2D eigenvalue weighted by atomic mass is 10.0. The van der Waals surface area contributed by atoms with Crippen molar-refractivity contribution in [2.75, 3.05) is 13.7 Å². The molecule has 3 rings (SSSR count). The fourth-order valence-corrected chi connectivity index (χ4v) is 3.23. The van der Waals surface area contributed by atoms with Gasteiger partial charge in [0.1, 0.15) is 5.75 Å². The first-order chi connectivity index (χ1) is 9.86. The summed E-state index contributed by atoms with van der Waals surface area (Å²) in [6.07, 6.45) is 6.93. The number of hydrogen-bond acceptors (Lipinski definition) is 3. The zero-order chi connectivity index (χ0) is 13.8. The van der Waals surface area contributed by atoms with Crippen LogP contribution in [0.1, 0.15) is 25.7 Å². The molecule has 106 valence electrons. The van der Waals surface area contributed by atoms with E-state index in [4.69, 9.17) is 4.74 Å². The highest BCUT2D eigenvalue weighted by Crippen LogP contribution is 2.28. The van der Waals surface area contributed by atoms with E-state index >= 15 is 0 Å². The maximum absolute atomic E-state index is 5.90. The van der Waals surface area contributed by atoms with Crippen LogP contribution in [-0.2, 0) is 0 Å². The molecule has 0 saturated heterocycles. The fraction of sp³-hybridized carbons (Fsp3) is 0.471. The van der Waals surface area contributed by atoms with Crippen LogP contribution in [0.15, 0.2) is 36.5 Å². The Bertz CT molecular complexity index is 570. The molecule has 3 nitrogen and oxygen atoms in total. The van der Waals surface area contributed by atoms with E-state index in [0.29, 0.717) is 6.04 Å². The van der Waals surface area contributed by atoms with Crippen molar-refractivity contribution in [1.82, 2.24) is 10.3 Å². The van der Waals surface area contributed by atoms with E-state index in [1.165, 1.54) is 19.3 Å². The lowest BCUT2D eigenvalue weighted by Gasteiger charge is -2.18. The maximum atomic E-state index is 5.90. The largest absolute Gasteiger partial charge is 0.494 e. The van der Waals surface area contributed by atoms with E-state index in [1.54, 1.807) is 0 Å². The molecular formula is C17H22N2O. The van der Waals surface area contributed by atoms with Gasteiger partial charge in [0.15, 0.2) is 0 Å². The van der Waals surface area contributed by atoms with E-state index in [-0.39, 0.29) is 0 Å². The number of ether oxygens (including phenoxy) is 1. The highest BCUT2D eigenvalue weighted by molar-refractivity contribution is 5.79. The second kappa shape index (κ2) is 6.23. The molecule has 2 atom stereocenters. The van der Waals surface area contributed by atoms with E-state index in [0.717, 1.165) is 35.6 Å². The van der Waals surface area contributed by atoms with Crippen LogP contribution in [0.3, 0.4) is 0 Å². The van der Waals surface area contributed by atoms with Gasteiger partial charge in [-0.15, -0.1) is 0 Å². The van der Waals surface area contributed by atoms with Gasteiger partial charge < -0.3 is 10.1 Å². The summed E-state index contributed by atoms with van der Waals surface area (Å²) in [6, 6.07) is 10.8. The number of nitrogens with zero attached hydrogens (tertiary/aromatic N) is 1. The second-order valence-corrected chi connectivity index (χ2v) is 5.58. The lowest BCUT2D eigenvalue weighted by Crippen LogP contribution is -2.29. The topological polar surface area (TPSA) is 34.1 Å². The molecule has 0 aliphatic heterocycles. The molecule has 2 unspecified atom stereocenters. The van der Waals surface area contributed by atoms with Crippen LogP contribution in [0.25, 0.3) is 10.9 Å². The average Bonchev–Trinajstić information content (AvgIpc) is 2.95. The standard InChI is InChI=1S/C17H22N2O/c1-18-16-6-2-4-14(16)9-11-20-15-8-7-13-5-3-10-19-17(13)12-15/h3,5,7-8,10,12,14,16,18H,2,4,6,9,11H2,1H3. The SMILES string of the molecule is CNC1CCCC1CCOc1ccc2cccnc2c1. The van der Waals surface area contributed by atoms with Crippen molar-refractivity contribution in [2.24, 2.45) is 5.92 Å². The van der Waals surface area contributed by atoms with Crippen molar-refractivity contribution in [1.29, 1.82) is 0 Å². The summed E-state index contributed by atoms with van der Waals surface area (Å²) < 4.78 is 5.90. The summed E-state index contributed by atoms with van der Waals surface area (Å²) in [7, 11) is 2.07. The predicted octanol–water partition coefficient (Wildman–Crippen LogP) is 3.39. The summed E-state index contributed by atoms with van der Waals surface area (Å²) >= 11 is 0. The van der Waals surface area contributed by atoms with Crippen LogP contribution in [0.5, 0.6) is 5.75 Å². The zero-order valence-electron chi connectivity index (χ0n) is 12.0. The summed E-state index contributed by atoms with van der Waals surface area (Å²) in [5.74, 6) is 1.69. The molecule has 1 aromatic heterocycles. The first-order valence-corrected chi connectivity index (χ1v) is 7.51. The van der Waals surface area contributed by atoms with Crippen molar-refractivity contribution in [2.45, 2.75) is 31.7 Å². The summed E-state index contributed by atoms with van der Waals surface area (Å²) in [5.41, 5.74) is 0.999. The smallest absolute Gasteiger partial charge is 0.121 e. The number of nitrogens with one attached hydrogen (secondary N) is 1. The summed E-state index contributed by atoms with van der Waals surface area (Å²) in [5, 5.41) is 4.58. The highest BCUT2D eigenvalue weighted by atomic mass is 16.5. The third-order valence-corrected chi connectivity index (χ3v) is 4.36. The van der Waals surface area contributed by atoms with Gasteiger partial charge in [-0.05, 0) is 50.4 Å². The minimum Gasteiger partial charge on any atom is -0.494 e. The van der Waals surface area contributed by atoms with Crippen LogP contribution < -0.4 is 10.1 Å². The Morgan fingerprint density at radius 3 is 3.15 bits per heavy atom. The number of benzene rings is 1. The van der Waals surface area contributed by atoms with Gasteiger partial charge in [0, 0.05) is 23.7 Å². The molecule has 1 fully saturated rings. The van der Waals surface area contributed by atoms with Crippen molar-refractivity contribution in [3.8, 4) is 5.75 Å². The van der Waals surface area contributed by atoms with Crippen LogP contribution in [0, 0.1) is 5.92 Å². The minimum atomic E-state index is 0.678. The van der Waals surface area contributed by atoms with E-state index in [1.807, 2.05) is 24.4 Å². The normalized spacial score (nSPS) is 22.2. The number of rotatable bonds is 5. The Kier molecular flexibility index (Phi) is 4.16. The minimum absolute atomic E-state index is 0.678.